The third kappa shape index (κ3) is 2.67. The highest BCUT2D eigenvalue weighted by molar-refractivity contribution is 5.01. The van der Waals surface area contributed by atoms with Gasteiger partial charge >= 0.3 is 0 Å². The highest BCUT2D eigenvalue weighted by atomic mass is 16.5. The van der Waals surface area contributed by atoms with Gasteiger partial charge in [0.2, 0.25) is 0 Å². The summed E-state index contributed by atoms with van der Waals surface area (Å²) in [6.07, 6.45) is 4.24. The SMILES string of the molecule is CCC1CN(C2CCC(C)(C)C2NC)CCO1. The molecule has 3 unspecified atom stereocenters. The van der Waals surface area contributed by atoms with Gasteiger partial charge in [-0.25, -0.2) is 0 Å². The van der Waals surface area contributed by atoms with E-state index in [1.807, 2.05) is 0 Å². The zero-order valence-corrected chi connectivity index (χ0v) is 11.8. The van der Waals surface area contributed by atoms with Crippen molar-refractivity contribution in [2.75, 3.05) is 26.7 Å². The lowest BCUT2D eigenvalue weighted by Crippen LogP contribution is -2.55. The zero-order chi connectivity index (χ0) is 12.5. The summed E-state index contributed by atoms with van der Waals surface area (Å²) in [7, 11) is 2.11. The van der Waals surface area contributed by atoms with Gasteiger partial charge in [-0.1, -0.05) is 20.8 Å². The lowest BCUT2D eigenvalue weighted by Gasteiger charge is -2.41. The van der Waals surface area contributed by atoms with E-state index in [4.69, 9.17) is 4.74 Å². The molecule has 2 aliphatic rings. The normalized spacial score (nSPS) is 38.5. The van der Waals surface area contributed by atoms with Crippen LogP contribution in [0.25, 0.3) is 0 Å². The fourth-order valence-corrected chi connectivity index (χ4v) is 3.63. The Labute approximate surface area is 106 Å². The maximum absolute atomic E-state index is 5.78. The van der Waals surface area contributed by atoms with E-state index in [2.05, 4.69) is 38.0 Å². The summed E-state index contributed by atoms with van der Waals surface area (Å²) in [5.41, 5.74) is 0.430. The minimum Gasteiger partial charge on any atom is -0.376 e. The minimum absolute atomic E-state index is 0.430. The van der Waals surface area contributed by atoms with Gasteiger partial charge in [-0.15, -0.1) is 0 Å². The first-order valence-corrected chi connectivity index (χ1v) is 7.11. The maximum Gasteiger partial charge on any atom is 0.0700 e. The molecule has 0 aromatic rings. The molecule has 3 heteroatoms. The standard InChI is InChI=1S/C14H28N2O/c1-5-11-10-16(8-9-17-11)12-6-7-14(2,3)13(12)15-4/h11-13,15H,5-10H2,1-4H3. The van der Waals surface area contributed by atoms with Crippen molar-refractivity contribution in [1.29, 1.82) is 0 Å². The molecule has 1 N–H and O–H groups in total. The number of rotatable bonds is 3. The average Bonchev–Trinajstić information content (AvgIpc) is 2.64. The lowest BCUT2D eigenvalue weighted by molar-refractivity contribution is -0.0486. The fourth-order valence-electron chi connectivity index (χ4n) is 3.63. The van der Waals surface area contributed by atoms with E-state index in [9.17, 15) is 0 Å². The summed E-state index contributed by atoms with van der Waals surface area (Å²) < 4.78 is 5.78. The number of likely N-dealkylation sites (N-methyl/N-ethyl adjacent to an activating group) is 1. The molecule has 1 saturated carbocycles. The molecule has 0 aromatic heterocycles. The second kappa shape index (κ2) is 5.25. The number of ether oxygens (including phenoxy) is 1. The molecule has 1 aliphatic heterocycles. The van der Waals surface area contributed by atoms with E-state index in [-0.39, 0.29) is 0 Å². The molecule has 0 aromatic carbocycles. The Kier molecular flexibility index (Phi) is 4.11. The summed E-state index contributed by atoms with van der Waals surface area (Å²) in [6.45, 7) is 10.1. The molecule has 0 radical (unpaired) electrons. The first-order valence-electron chi connectivity index (χ1n) is 7.11. The van der Waals surface area contributed by atoms with E-state index in [0.717, 1.165) is 26.1 Å². The second-order valence-electron chi connectivity index (χ2n) is 6.26. The minimum atomic E-state index is 0.430. The topological polar surface area (TPSA) is 24.5 Å². The predicted molar refractivity (Wildman–Crippen MR) is 71.3 cm³/mol. The maximum atomic E-state index is 5.78. The van der Waals surface area contributed by atoms with Crippen molar-refractivity contribution < 1.29 is 4.74 Å². The van der Waals surface area contributed by atoms with Crippen molar-refractivity contribution in [2.24, 2.45) is 5.41 Å². The van der Waals surface area contributed by atoms with Gasteiger partial charge in [0.1, 0.15) is 0 Å². The Balaban J connectivity index is 2.02. The van der Waals surface area contributed by atoms with Crippen LogP contribution in [0.15, 0.2) is 0 Å². The van der Waals surface area contributed by atoms with Crippen LogP contribution < -0.4 is 5.32 Å². The molecule has 1 heterocycles. The van der Waals surface area contributed by atoms with Crippen molar-refractivity contribution in [2.45, 2.75) is 58.2 Å². The van der Waals surface area contributed by atoms with Gasteiger partial charge in [0.25, 0.3) is 0 Å². The molecule has 2 rings (SSSR count). The van der Waals surface area contributed by atoms with Crippen LogP contribution in [0, 0.1) is 5.41 Å². The van der Waals surface area contributed by atoms with Gasteiger partial charge in [-0.3, -0.25) is 4.90 Å². The smallest absolute Gasteiger partial charge is 0.0700 e. The van der Waals surface area contributed by atoms with Crippen molar-refractivity contribution in [3.05, 3.63) is 0 Å². The summed E-state index contributed by atoms with van der Waals surface area (Å²) in [6, 6.07) is 1.33. The first kappa shape index (κ1) is 13.3. The van der Waals surface area contributed by atoms with Gasteiger partial charge < -0.3 is 10.1 Å². The molecule has 2 fully saturated rings. The van der Waals surface area contributed by atoms with E-state index < -0.39 is 0 Å². The van der Waals surface area contributed by atoms with Crippen LogP contribution in [0.1, 0.15) is 40.0 Å². The van der Waals surface area contributed by atoms with Crippen molar-refractivity contribution in [3.63, 3.8) is 0 Å². The van der Waals surface area contributed by atoms with E-state index in [1.54, 1.807) is 0 Å². The molecule has 0 spiro atoms. The highest BCUT2D eigenvalue weighted by Crippen LogP contribution is 2.40. The molecule has 17 heavy (non-hydrogen) atoms. The quantitative estimate of drug-likeness (QED) is 0.815. The highest BCUT2D eigenvalue weighted by Gasteiger charge is 2.44. The largest absolute Gasteiger partial charge is 0.376 e. The van der Waals surface area contributed by atoms with E-state index >= 15 is 0 Å². The number of morpholine rings is 1. The zero-order valence-electron chi connectivity index (χ0n) is 11.8. The van der Waals surface area contributed by atoms with E-state index in [0.29, 0.717) is 23.6 Å². The van der Waals surface area contributed by atoms with Crippen LogP contribution in [0.3, 0.4) is 0 Å². The predicted octanol–water partition coefficient (Wildman–Crippen LogP) is 1.87. The van der Waals surface area contributed by atoms with Crippen molar-refractivity contribution in [3.8, 4) is 0 Å². The molecule has 3 atom stereocenters. The van der Waals surface area contributed by atoms with Gasteiger partial charge in [-0.2, -0.15) is 0 Å². The number of nitrogens with one attached hydrogen (secondary N) is 1. The monoisotopic (exact) mass is 240 g/mol. The fraction of sp³-hybridized carbons (Fsp3) is 1.00. The van der Waals surface area contributed by atoms with Gasteiger partial charge in [-0.05, 0) is 31.7 Å². The molecule has 3 nitrogen and oxygen atoms in total. The molecule has 0 amide bonds. The molecule has 1 saturated heterocycles. The van der Waals surface area contributed by atoms with Crippen LogP contribution in [-0.2, 0) is 4.74 Å². The Hall–Kier alpha value is -0.120. The van der Waals surface area contributed by atoms with Gasteiger partial charge in [0, 0.05) is 25.2 Å². The second-order valence-corrected chi connectivity index (χ2v) is 6.26. The van der Waals surface area contributed by atoms with Crippen LogP contribution in [0.4, 0.5) is 0 Å². The Morgan fingerprint density at radius 1 is 1.41 bits per heavy atom. The Bertz CT molecular complexity index is 255. The Morgan fingerprint density at radius 2 is 2.18 bits per heavy atom. The molecule has 1 aliphatic carbocycles. The first-order chi connectivity index (χ1) is 8.08. The number of hydrogen-bond donors (Lipinski definition) is 1. The van der Waals surface area contributed by atoms with E-state index in [1.165, 1.54) is 12.8 Å². The molecular formula is C14H28N2O. The summed E-state index contributed by atoms with van der Waals surface area (Å²) in [4.78, 5) is 2.66. The third-order valence-corrected chi connectivity index (χ3v) is 4.72. The van der Waals surface area contributed by atoms with Crippen LogP contribution in [0.5, 0.6) is 0 Å². The summed E-state index contributed by atoms with van der Waals surface area (Å²) in [5, 5.41) is 3.55. The lowest BCUT2D eigenvalue weighted by atomic mass is 9.86. The van der Waals surface area contributed by atoms with Crippen molar-refractivity contribution in [1.82, 2.24) is 10.2 Å². The number of nitrogens with zero attached hydrogens (tertiary/aromatic N) is 1. The summed E-state index contributed by atoms with van der Waals surface area (Å²) >= 11 is 0. The average molecular weight is 240 g/mol. The molecule has 100 valence electrons. The molecule has 0 bridgehead atoms. The van der Waals surface area contributed by atoms with Crippen LogP contribution in [-0.4, -0.2) is 49.8 Å². The third-order valence-electron chi connectivity index (χ3n) is 4.72. The van der Waals surface area contributed by atoms with Crippen LogP contribution in [0.2, 0.25) is 0 Å². The van der Waals surface area contributed by atoms with Gasteiger partial charge in [0.15, 0.2) is 0 Å². The Morgan fingerprint density at radius 3 is 2.82 bits per heavy atom. The van der Waals surface area contributed by atoms with Crippen LogP contribution >= 0.6 is 0 Å². The summed E-state index contributed by atoms with van der Waals surface area (Å²) in [5.74, 6) is 0. The van der Waals surface area contributed by atoms with Crippen molar-refractivity contribution >= 4 is 0 Å². The van der Waals surface area contributed by atoms with Gasteiger partial charge in [0.05, 0.1) is 12.7 Å². The molecular weight excluding hydrogens is 212 g/mol. The number of hydrogen-bond acceptors (Lipinski definition) is 3.